The standard InChI is InChI=1S/C22H24F3N3O3/c1-29-19-7-5-16(20(30-2)21(19)31-3)14-27-8-10-28(11-9-27)17-6-4-15(13-26)18(12-17)22(23,24)25/h4-7,12H,8-11,14H2,1-3H3. The maximum atomic E-state index is 13.3. The van der Waals surface area contributed by atoms with Gasteiger partial charge in [-0.05, 0) is 24.3 Å². The van der Waals surface area contributed by atoms with E-state index < -0.39 is 11.7 Å². The number of methoxy groups -OCH3 is 3. The first kappa shape index (κ1) is 22.6. The van der Waals surface area contributed by atoms with Crippen LogP contribution >= 0.6 is 0 Å². The number of rotatable bonds is 6. The molecule has 0 aromatic heterocycles. The number of piperazine rings is 1. The smallest absolute Gasteiger partial charge is 0.417 e. The zero-order valence-corrected chi connectivity index (χ0v) is 17.6. The highest BCUT2D eigenvalue weighted by atomic mass is 19.4. The quantitative estimate of drug-likeness (QED) is 0.686. The van der Waals surface area contributed by atoms with Crippen molar-refractivity contribution in [1.82, 2.24) is 4.90 Å². The van der Waals surface area contributed by atoms with E-state index in [2.05, 4.69) is 4.90 Å². The van der Waals surface area contributed by atoms with Crippen LogP contribution in [-0.4, -0.2) is 52.4 Å². The lowest BCUT2D eigenvalue weighted by molar-refractivity contribution is -0.137. The van der Waals surface area contributed by atoms with Gasteiger partial charge in [-0.15, -0.1) is 0 Å². The molecule has 3 rings (SSSR count). The van der Waals surface area contributed by atoms with Crippen molar-refractivity contribution in [3.8, 4) is 23.3 Å². The second-order valence-corrected chi connectivity index (χ2v) is 7.10. The molecule has 166 valence electrons. The molecule has 1 heterocycles. The normalized spacial score (nSPS) is 14.8. The van der Waals surface area contributed by atoms with E-state index in [9.17, 15) is 13.2 Å². The summed E-state index contributed by atoms with van der Waals surface area (Å²) in [7, 11) is 4.68. The van der Waals surface area contributed by atoms with Gasteiger partial charge in [0.15, 0.2) is 11.5 Å². The van der Waals surface area contributed by atoms with Crippen LogP contribution in [0.5, 0.6) is 17.2 Å². The largest absolute Gasteiger partial charge is 0.493 e. The topological polar surface area (TPSA) is 58.0 Å². The second kappa shape index (κ2) is 9.35. The van der Waals surface area contributed by atoms with Crippen molar-refractivity contribution >= 4 is 5.69 Å². The van der Waals surface area contributed by atoms with E-state index in [0.29, 0.717) is 55.7 Å². The maximum Gasteiger partial charge on any atom is 0.417 e. The lowest BCUT2D eigenvalue weighted by Gasteiger charge is -2.36. The average Bonchev–Trinajstić information content (AvgIpc) is 2.78. The Labute approximate surface area is 179 Å². The number of alkyl halides is 3. The van der Waals surface area contributed by atoms with Crippen LogP contribution in [0.3, 0.4) is 0 Å². The Morgan fingerprint density at radius 3 is 2.16 bits per heavy atom. The minimum atomic E-state index is -4.56. The lowest BCUT2D eigenvalue weighted by Crippen LogP contribution is -2.46. The molecule has 31 heavy (non-hydrogen) atoms. The van der Waals surface area contributed by atoms with E-state index in [4.69, 9.17) is 19.5 Å². The van der Waals surface area contributed by atoms with Crippen molar-refractivity contribution in [3.63, 3.8) is 0 Å². The Morgan fingerprint density at radius 1 is 0.935 bits per heavy atom. The van der Waals surface area contributed by atoms with Gasteiger partial charge in [0.1, 0.15) is 0 Å². The number of hydrogen-bond acceptors (Lipinski definition) is 6. The van der Waals surface area contributed by atoms with Gasteiger partial charge in [0.2, 0.25) is 5.75 Å². The zero-order valence-electron chi connectivity index (χ0n) is 17.6. The van der Waals surface area contributed by atoms with E-state index >= 15 is 0 Å². The first-order valence-electron chi connectivity index (χ1n) is 9.68. The van der Waals surface area contributed by atoms with Gasteiger partial charge in [0.25, 0.3) is 0 Å². The molecule has 1 saturated heterocycles. The summed E-state index contributed by atoms with van der Waals surface area (Å²) in [5.74, 6) is 1.71. The SMILES string of the molecule is COc1ccc(CN2CCN(c3ccc(C#N)c(C(F)(F)F)c3)CC2)c(OC)c1OC. The van der Waals surface area contributed by atoms with Crippen LogP contribution in [0.25, 0.3) is 0 Å². The lowest BCUT2D eigenvalue weighted by atomic mass is 10.1. The molecule has 1 aliphatic heterocycles. The molecule has 0 saturated carbocycles. The van der Waals surface area contributed by atoms with Gasteiger partial charge in [0.05, 0.1) is 38.5 Å². The van der Waals surface area contributed by atoms with Crippen LogP contribution in [0.2, 0.25) is 0 Å². The van der Waals surface area contributed by atoms with Crippen molar-refractivity contribution in [2.45, 2.75) is 12.7 Å². The second-order valence-electron chi connectivity index (χ2n) is 7.10. The number of benzene rings is 2. The van der Waals surface area contributed by atoms with Gasteiger partial charge < -0.3 is 19.1 Å². The molecule has 1 aliphatic rings. The van der Waals surface area contributed by atoms with Crippen LogP contribution < -0.4 is 19.1 Å². The van der Waals surface area contributed by atoms with E-state index in [-0.39, 0.29) is 5.56 Å². The molecule has 2 aromatic rings. The third-order valence-corrected chi connectivity index (χ3v) is 5.35. The molecule has 9 heteroatoms. The minimum absolute atomic E-state index is 0.365. The molecule has 0 bridgehead atoms. The number of ether oxygens (including phenoxy) is 3. The van der Waals surface area contributed by atoms with E-state index in [1.54, 1.807) is 33.5 Å². The monoisotopic (exact) mass is 435 g/mol. The Hall–Kier alpha value is -3.12. The van der Waals surface area contributed by atoms with Crippen molar-refractivity contribution < 1.29 is 27.4 Å². The van der Waals surface area contributed by atoms with Crippen LogP contribution in [-0.2, 0) is 12.7 Å². The molecule has 2 aromatic carbocycles. The highest BCUT2D eigenvalue weighted by Crippen LogP contribution is 2.40. The summed E-state index contributed by atoms with van der Waals surface area (Å²) in [4.78, 5) is 4.10. The fourth-order valence-corrected chi connectivity index (χ4v) is 3.75. The number of hydrogen-bond donors (Lipinski definition) is 0. The van der Waals surface area contributed by atoms with Crippen LogP contribution in [0.15, 0.2) is 30.3 Å². The Bertz CT molecular complexity index is 965. The minimum Gasteiger partial charge on any atom is -0.493 e. The van der Waals surface area contributed by atoms with Crippen molar-refractivity contribution in [2.75, 3.05) is 52.4 Å². The van der Waals surface area contributed by atoms with E-state index in [1.165, 1.54) is 6.07 Å². The molecule has 6 nitrogen and oxygen atoms in total. The molecule has 0 N–H and O–H groups in total. The van der Waals surface area contributed by atoms with Crippen molar-refractivity contribution in [2.24, 2.45) is 0 Å². The van der Waals surface area contributed by atoms with Gasteiger partial charge in [-0.1, -0.05) is 6.07 Å². The van der Waals surface area contributed by atoms with Crippen LogP contribution in [0.1, 0.15) is 16.7 Å². The Balaban J connectivity index is 1.72. The summed E-state index contributed by atoms with van der Waals surface area (Å²) in [6.45, 7) is 3.08. The van der Waals surface area contributed by atoms with Gasteiger partial charge in [-0.2, -0.15) is 18.4 Å². The van der Waals surface area contributed by atoms with E-state index in [1.807, 2.05) is 17.0 Å². The van der Waals surface area contributed by atoms with Crippen LogP contribution in [0, 0.1) is 11.3 Å². The number of halogens is 3. The fraction of sp³-hybridized carbons (Fsp3) is 0.409. The summed E-state index contributed by atoms with van der Waals surface area (Å²) in [5, 5.41) is 8.97. The van der Waals surface area contributed by atoms with Gasteiger partial charge in [0, 0.05) is 44.0 Å². The third-order valence-electron chi connectivity index (χ3n) is 5.35. The predicted molar refractivity (Wildman–Crippen MR) is 110 cm³/mol. The fourth-order valence-electron chi connectivity index (χ4n) is 3.75. The first-order valence-corrected chi connectivity index (χ1v) is 9.68. The number of nitrogens with zero attached hydrogens (tertiary/aromatic N) is 3. The van der Waals surface area contributed by atoms with E-state index in [0.717, 1.165) is 11.6 Å². The summed E-state index contributed by atoms with van der Waals surface area (Å²) in [6, 6.07) is 9.22. The summed E-state index contributed by atoms with van der Waals surface area (Å²) in [5.41, 5.74) is 0.140. The molecule has 0 atom stereocenters. The van der Waals surface area contributed by atoms with Crippen LogP contribution in [0.4, 0.5) is 18.9 Å². The van der Waals surface area contributed by atoms with Gasteiger partial charge >= 0.3 is 6.18 Å². The zero-order chi connectivity index (χ0) is 22.6. The maximum absolute atomic E-state index is 13.3. The average molecular weight is 435 g/mol. The van der Waals surface area contributed by atoms with Gasteiger partial charge in [-0.25, -0.2) is 0 Å². The predicted octanol–water partition coefficient (Wildman–Crippen LogP) is 3.93. The van der Waals surface area contributed by atoms with Crippen molar-refractivity contribution in [1.29, 1.82) is 5.26 Å². The highest BCUT2D eigenvalue weighted by Gasteiger charge is 2.34. The molecule has 0 spiro atoms. The molecule has 0 unspecified atom stereocenters. The van der Waals surface area contributed by atoms with Gasteiger partial charge in [-0.3, -0.25) is 4.90 Å². The summed E-state index contributed by atoms with van der Waals surface area (Å²) in [6.07, 6.45) is -4.56. The number of anilines is 1. The first-order chi connectivity index (χ1) is 14.8. The molecular formula is C22H24F3N3O3. The molecular weight excluding hydrogens is 411 g/mol. The Kier molecular flexibility index (Phi) is 6.81. The molecule has 0 aliphatic carbocycles. The molecule has 1 fully saturated rings. The summed E-state index contributed by atoms with van der Waals surface area (Å²) >= 11 is 0. The summed E-state index contributed by atoms with van der Waals surface area (Å²) < 4.78 is 56.1. The van der Waals surface area contributed by atoms with Crippen molar-refractivity contribution in [3.05, 3.63) is 47.0 Å². The highest BCUT2D eigenvalue weighted by molar-refractivity contribution is 5.56. The molecule has 0 amide bonds. The molecule has 0 radical (unpaired) electrons. The third kappa shape index (κ3) is 4.80. The Morgan fingerprint density at radius 2 is 1.61 bits per heavy atom. The number of nitriles is 1.